The molecule has 4 aromatic carbocycles. The molecule has 0 spiro atoms. The molecule has 35 heavy (non-hydrogen) atoms. The number of benzene rings is 4. The molecule has 1 amide bonds. The standard InChI is InChI=1S/C30H27NO3Se/c32-29(25-17-9-3-10-18-25)31-27(21-22-35-26-19-11-4-12-20-26)30(33)34-28(23-13-5-1-6-14-23)24-15-7-2-8-16-24/h1-20,27-28H,21-22H2,(H,31,32)/t27-/m0/s1. The Bertz CT molecular complexity index is 1160. The number of amides is 1. The van der Waals surface area contributed by atoms with Crippen LogP contribution in [0.1, 0.15) is 34.0 Å². The van der Waals surface area contributed by atoms with Crippen LogP contribution < -0.4 is 9.78 Å². The number of nitrogens with one attached hydrogen (secondary N) is 1. The van der Waals surface area contributed by atoms with Crippen molar-refractivity contribution in [3.8, 4) is 0 Å². The van der Waals surface area contributed by atoms with Crippen molar-refractivity contribution in [1.29, 1.82) is 0 Å². The molecule has 0 saturated carbocycles. The fourth-order valence-corrected chi connectivity index (χ4v) is 5.64. The molecule has 0 aliphatic rings. The van der Waals surface area contributed by atoms with Crippen LogP contribution in [-0.2, 0) is 9.53 Å². The SMILES string of the molecule is O=C(N[C@@H](CC[Se]c1ccccc1)C(=O)OC(c1ccccc1)c1ccccc1)c1ccccc1. The topological polar surface area (TPSA) is 55.4 Å². The van der Waals surface area contributed by atoms with E-state index in [0.29, 0.717) is 12.0 Å². The normalized spacial score (nSPS) is 11.6. The van der Waals surface area contributed by atoms with Gasteiger partial charge in [-0.2, -0.15) is 0 Å². The molecular formula is C30H27NO3Se. The van der Waals surface area contributed by atoms with E-state index in [1.807, 2.05) is 97.1 Å². The molecule has 0 fully saturated rings. The fourth-order valence-electron chi connectivity index (χ4n) is 3.67. The Labute approximate surface area is 212 Å². The summed E-state index contributed by atoms with van der Waals surface area (Å²) in [6.45, 7) is 0. The fraction of sp³-hybridized carbons (Fsp3) is 0.133. The first kappa shape index (κ1) is 24.5. The van der Waals surface area contributed by atoms with Crippen LogP contribution in [0, 0.1) is 0 Å². The molecule has 0 radical (unpaired) electrons. The Kier molecular flexibility index (Phi) is 8.88. The third-order valence-electron chi connectivity index (χ3n) is 5.48. The summed E-state index contributed by atoms with van der Waals surface area (Å²) in [6.07, 6.45) is -0.0524. The van der Waals surface area contributed by atoms with Gasteiger partial charge in [-0.15, -0.1) is 0 Å². The molecular weight excluding hydrogens is 501 g/mol. The van der Waals surface area contributed by atoms with Gasteiger partial charge in [0, 0.05) is 0 Å². The molecule has 0 unspecified atom stereocenters. The first-order valence-electron chi connectivity index (χ1n) is 11.5. The zero-order valence-electron chi connectivity index (χ0n) is 19.2. The van der Waals surface area contributed by atoms with Crippen LogP contribution in [0.4, 0.5) is 0 Å². The van der Waals surface area contributed by atoms with Gasteiger partial charge in [-0.3, -0.25) is 0 Å². The average molecular weight is 529 g/mol. The number of rotatable bonds is 10. The van der Waals surface area contributed by atoms with Crippen molar-refractivity contribution in [3.05, 3.63) is 138 Å². The maximum atomic E-state index is 13.5. The van der Waals surface area contributed by atoms with Crippen molar-refractivity contribution >= 4 is 31.3 Å². The van der Waals surface area contributed by atoms with Gasteiger partial charge in [0.15, 0.2) is 0 Å². The molecule has 0 aliphatic carbocycles. The number of ether oxygens (including phenoxy) is 1. The van der Waals surface area contributed by atoms with Gasteiger partial charge in [0.25, 0.3) is 0 Å². The minimum atomic E-state index is -0.747. The Balaban J connectivity index is 1.52. The van der Waals surface area contributed by atoms with Crippen LogP contribution in [-0.4, -0.2) is 32.9 Å². The van der Waals surface area contributed by atoms with Crippen molar-refractivity contribution in [2.75, 3.05) is 0 Å². The second-order valence-corrected chi connectivity index (χ2v) is 10.4. The summed E-state index contributed by atoms with van der Waals surface area (Å²) in [4.78, 5) is 26.4. The molecule has 4 nitrogen and oxygen atoms in total. The summed E-state index contributed by atoms with van der Waals surface area (Å²) in [7, 11) is 0. The number of hydrogen-bond acceptors (Lipinski definition) is 3. The van der Waals surface area contributed by atoms with Gasteiger partial charge in [0.05, 0.1) is 0 Å². The maximum absolute atomic E-state index is 13.5. The summed E-state index contributed by atoms with van der Waals surface area (Å²) in [5.74, 6) is -0.716. The van der Waals surface area contributed by atoms with Crippen LogP contribution in [0.3, 0.4) is 0 Å². The minimum absolute atomic E-state index is 0.190. The Morgan fingerprint density at radius 3 is 1.71 bits per heavy atom. The van der Waals surface area contributed by atoms with Crippen LogP contribution in [0.5, 0.6) is 0 Å². The molecule has 1 N–H and O–H groups in total. The van der Waals surface area contributed by atoms with Crippen molar-refractivity contribution in [2.24, 2.45) is 0 Å². The molecule has 0 saturated heterocycles. The van der Waals surface area contributed by atoms with E-state index in [-0.39, 0.29) is 20.9 Å². The van der Waals surface area contributed by atoms with Gasteiger partial charge in [0.2, 0.25) is 0 Å². The Morgan fingerprint density at radius 2 is 1.17 bits per heavy atom. The van der Waals surface area contributed by atoms with Gasteiger partial charge < -0.3 is 0 Å². The van der Waals surface area contributed by atoms with E-state index in [0.717, 1.165) is 16.4 Å². The zero-order chi connectivity index (χ0) is 24.3. The molecule has 5 heteroatoms. The van der Waals surface area contributed by atoms with Crippen LogP contribution in [0.25, 0.3) is 0 Å². The molecule has 0 aromatic heterocycles. The van der Waals surface area contributed by atoms with Crippen molar-refractivity contribution < 1.29 is 14.3 Å². The monoisotopic (exact) mass is 529 g/mol. The molecule has 0 aliphatic heterocycles. The zero-order valence-corrected chi connectivity index (χ0v) is 21.0. The summed E-state index contributed by atoms with van der Waals surface area (Å²) in [5, 5.41) is 3.72. The average Bonchev–Trinajstić information content (AvgIpc) is 2.93. The molecule has 4 rings (SSSR count). The van der Waals surface area contributed by atoms with E-state index in [1.54, 1.807) is 12.1 Å². The van der Waals surface area contributed by atoms with Gasteiger partial charge >= 0.3 is 213 Å². The van der Waals surface area contributed by atoms with E-state index < -0.39 is 18.1 Å². The van der Waals surface area contributed by atoms with Gasteiger partial charge in [-0.25, -0.2) is 0 Å². The summed E-state index contributed by atoms with van der Waals surface area (Å²) in [6, 6.07) is 37.8. The first-order valence-corrected chi connectivity index (χ1v) is 13.6. The van der Waals surface area contributed by atoms with E-state index in [9.17, 15) is 9.59 Å². The van der Waals surface area contributed by atoms with Crippen LogP contribution in [0.15, 0.2) is 121 Å². The van der Waals surface area contributed by atoms with E-state index >= 15 is 0 Å². The predicted molar refractivity (Wildman–Crippen MR) is 140 cm³/mol. The second kappa shape index (κ2) is 12.7. The predicted octanol–water partition coefficient (Wildman–Crippen LogP) is 4.96. The summed E-state index contributed by atoms with van der Waals surface area (Å²) in [5.41, 5.74) is 2.28. The van der Waals surface area contributed by atoms with Crippen molar-refractivity contribution in [2.45, 2.75) is 23.9 Å². The molecule has 1 atom stereocenters. The van der Waals surface area contributed by atoms with Crippen LogP contribution in [0.2, 0.25) is 5.32 Å². The van der Waals surface area contributed by atoms with Gasteiger partial charge in [-0.1, -0.05) is 0 Å². The number of carbonyl (C=O) groups is 2. The van der Waals surface area contributed by atoms with Crippen molar-refractivity contribution in [3.63, 3.8) is 0 Å². The molecule has 4 aromatic rings. The van der Waals surface area contributed by atoms with E-state index in [2.05, 4.69) is 17.4 Å². The van der Waals surface area contributed by atoms with Crippen molar-refractivity contribution in [1.82, 2.24) is 5.32 Å². The van der Waals surface area contributed by atoms with Gasteiger partial charge in [-0.05, 0) is 0 Å². The number of carbonyl (C=O) groups excluding carboxylic acids is 2. The molecule has 176 valence electrons. The molecule has 0 heterocycles. The summed E-state index contributed by atoms with van der Waals surface area (Å²) >= 11 is 0.190. The first-order chi connectivity index (χ1) is 17.2. The second-order valence-electron chi connectivity index (χ2n) is 7.98. The van der Waals surface area contributed by atoms with Crippen LogP contribution >= 0.6 is 0 Å². The third-order valence-corrected chi connectivity index (χ3v) is 7.68. The third kappa shape index (κ3) is 7.16. The van der Waals surface area contributed by atoms with Gasteiger partial charge in [0.1, 0.15) is 0 Å². The quantitative estimate of drug-likeness (QED) is 0.234. The number of hydrogen-bond donors (Lipinski definition) is 1. The van der Waals surface area contributed by atoms with E-state index in [4.69, 9.17) is 4.74 Å². The van der Waals surface area contributed by atoms with E-state index in [1.165, 1.54) is 4.46 Å². The Morgan fingerprint density at radius 1 is 0.686 bits per heavy atom. The Hall–Kier alpha value is -3.66. The number of esters is 1. The summed E-state index contributed by atoms with van der Waals surface area (Å²) < 4.78 is 7.33. The molecule has 0 bridgehead atoms.